The number of phenols is 2. The van der Waals surface area contributed by atoms with Gasteiger partial charge in [-0.25, -0.2) is 27.2 Å². The summed E-state index contributed by atoms with van der Waals surface area (Å²) in [4.78, 5) is 11.8. The predicted molar refractivity (Wildman–Crippen MR) is 98.8 cm³/mol. The van der Waals surface area contributed by atoms with Crippen LogP contribution in [0.15, 0.2) is 46.1 Å². The fourth-order valence-corrected chi connectivity index (χ4v) is 3.68. The van der Waals surface area contributed by atoms with Crippen molar-refractivity contribution in [3.8, 4) is 28.6 Å². The van der Waals surface area contributed by atoms with Crippen molar-refractivity contribution in [3.63, 3.8) is 0 Å². The zero-order chi connectivity index (χ0) is 19.9. The van der Waals surface area contributed by atoms with E-state index in [4.69, 9.17) is 11.6 Å². The van der Waals surface area contributed by atoms with Gasteiger partial charge in [0, 0.05) is 20.2 Å². The molecule has 27 heavy (non-hydrogen) atoms. The summed E-state index contributed by atoms with van der Waals surface area (Å²) in [6, 6.07) is 8.39. The standard InChI is InChI=1S/C16H15ClN4O5S/c1-20(2)27(25,26)14-7-9(12(22)8-13(14)23)15-18-19-16(24)21(15)11-6-4-3-5-10(11)17/h3-8,22-23H,1-2H3,(H,19,24). The predicted octanol–water partition coefficient (Wildman–Crippen LogP) is 1.54. The molecule has 0 fully saturated rings. The van der Waals surface area contributed by atoms with E-state index in [1.807, 2.05) is 0 Å². The van der Waals surface area contributed by atoms with Gasteiger partial charge in [-0.2, -0.15) is 5.10 Å². The Morgan fingerprint density at radius 3 is 2.44 bits per heavy atom. The molecule has 0 aliphatic heterocycles. The minimum atomic E-state index is -4.01. The first-order valence-electron chi connectivity index (χ1n) is 7.55. The van der Waals surface area contributed by atoms with Gasteiger partial charge in [-0.15, -0.1) is 0 Å². The maximum absolute atomic E-state index is 12.4. The van der Waals surface area contributed by atoms with Crippen LogP contribution in [0.2, 0.25) is 5.02 Å². The molecule has 9 nitrogen and oxygen atoms in total. The number of hydrogen-bond acceptors (Lipinski definition) is 6. The van der Waals surface area contributed by atoms with Gasteiger partial charge >= 0.3 is 5.69 Å². The number of H-pyrrole nitrogens is 1. The van der Waals surface area contributed by atoms with Crippen molar-refractivity contribution in [2.45, 2.75) is 4.90 Å². The van der Waals surface area contributed by atoms with Crippen LogP contribution < -0.4 is 5.69 Å². The Balaban J connectivity index is 2.32. The van der Waals surface area contributed by atoms with Crippen molar-refractivity contribution in [3.05, 3.63) is 51.9 Å². The fourth-order valence-electron chi connectivity index (χ4n) is 2.47. The van der Waals surface area contributed by atoms with E-state index < -0.39 is 32.1 Å². The third kappa shape index (κ3) is 3.18. The summed E-state index contributed by atoms with van der Waals surface area (Å²) in [5, 5.41) is 26.6. The van der Waals surface area contributed by atoms with Gasteiger partial charge in [0.25, 0.3) is 0 Å². The maximum Gasteiger partial charge on any atom is 0.348 e. The number of aromatic amines is 1. The molecule has 0 spiro atoms. The summed E-state index contributed by atoms with van der Waals surface area (Å²) in [6.45, 7) is 0. The molecule has 3 aromatic rings. The molecule has 0 radical (unpaired) electrons. The minimum absolute atomic E-state index is 0.0687. The highest BCUT2D eigenvalue weighted by molar-refractivity contribution is 7.89. The van der Waals surface area contributed by atoms with Crippen molar-refractivity contribution in [2.75, 3.05) is 14.1 Å². The number of hydrogen-bond donors (Lipinski definition) is 3. The molecule has 0 aliphatic carbocycles. The fraction of sp³-hybridized carbons (Fsp3) is 0.125. The molecule has 11 heteroatoms. The Bertz CT molecular complexity index is 1180. The molecule has 2 aromatic carbocycles. The lowest BCUT2D eigenvalue weighted by Gasteiger charge is -2.15. The summed E-state index contributed by atoms with van der Waals surface area (Å²) in [7, 11) is -1.41. The second kappa shape index (κ2) is 6.72. The molecule has 142 valence electrons. The topological polar surface area (TPSA) is 129 Å². The monoisotopic (exact) mass is 410 g/mol. The molecule has 0 aliphatic rings. The van der Waals surface area contributed by atoms with Gasteiger partial charge in [-0.1, -0.05) is 23.7 Å². The summed E-state index contributed by atoms with van der Waals surface area (Å²) in [5.41, 5.74) is -0.425. The Morgan fingerprint density at radius 2 is 1.81 bits per heavy atom. The van der Waals surface area contributed by atoms with E-state index in [1.54, 1.807) is 24.3 Å². The van der Waals surface area contributed by atoms with Gasteiger partial charge in [-0.3, -0.25) is 0 Å². The normalized spacial score (nSPS) is 11.9. The van der Waals surface area contributed by atoms with Crippen LogP contribution in [-0.2, 0) is 10.0 Å². The van der Waals surface area contributed by atoms with Gasteiger partial charge < -0.3 is 10.2 Å². The molecule has 0 bridgehead atoms. The van der Waals surface area contributed by atoms with E-state index >= 15 is 0 Å². The van der Waals surface area contributed by atoms with E-state index in [0.717, 1.165) is 21.0 Å². The van der Waals surface area contributed by atoms with Crippen molar-refractivity contribution < 1.29 is 18.6 Å². The van der Waals surface area contributed by atoms with E-state index in [9.17, 15) is 23.4 Å². The molecule has 0 saturated carbocycles. The number of para-hydroxylation sites is 1. The molecular weight excluding hydrogens is 396 g/mol. The van der Waals surface area contributed by atoms with E-state index in [1.165, 1.54) is 14.1 Å². The molecular formula is C16H15ClN4O5S. The van der Waals surface area contributed by atoms with Gasteiger partial charge in [0.2, 0.25) is 10.0 Å². The van der Waals surface area contributed by atoms with Crippen LogP contribution in [0.25, 0.3) is 17.1 Å². The number of phenolic OH excluding ortho intramolecular Hbond substituents is 2. The summed E-state index contributed by atoms with van der Waals surface area (Å²) < 4.78 is 26.9. The molecule has 0 unspecified atom stereocenters. The van der Waals surface area contributed by atoms with Crippen LogP contribution in [0, 0.1) is 0 Å². The number of rotatable bonds is 4. The number of aromatic hydroxyl groups is 2. The highest BCUT2D eigenvalue weighted by atomic mass is 35.5. The maximum atomic E-state index is 12.4. The summed E-state index contributed by atoms with van der Waals surface area (Å²) in [5.74, 6) is -1.16. The van der Waals surface area contributed by atoms with Crippen molar-refractivity contribution >= 4 is 21.6 Å². The van der Waals surface area contributed by atoms with Gasteiger partial charge in [0.05, 0.1) is 16.3 Å². The van der Waals surface area contributed by atoms with Crippen molar-refractivity contribution in [1.82, 2.24) is 19.1 Å². The number of nitrogens with one attached hydrogen (secondary N) is 1. The summed E-state index contributed by atoms with van der Waals surface area (Å²) in [6.07, 6.45) is 0. The van der Waals surface area contributed by atoms with Crippen LogP contribution in [0.3, 0.4) is 0 Å². The second-order valence-corrected chi connectivity index (χ2v) is 8.29. The molecule has 0 amide bonds. The Hall–Kier alpha value is -2.82. The largest absolute Gasteiger partial charge is 0.507 e. The van der Waals surface area contributed by atoms with E-state index in [-0.39, 0.29) is 22.1 Å². The van der Waals surface area contributed by atoms with E-state index in [0.29, 0.717) is 0 Å². The number of aromatic nitrogens is 3. The Kier molecular flexibility index (Phi) is 4.72. The molecule has 0 atom stereocenters. The molecule has 1 aromatic heterocycles. The lowest BCUT2D eigenvalue weighted by molar-refractivity contribution is 0.436. The SMILES string of the molecule is CN(C)S(=O)(=O)c1cc(-c2n[nH]c(=O)n2-c2ccccc2Cl)c(O)cc1O. The number of halogens is 1. The zero-order valence-electron chi connectivity index (χ0n) is 14.2. The molecule has 1 heterocycles. The quantitative estimate of drug-likeness (QED) is 0.598. The highest BCUT2D eigenvalue weighted by Gasteiger charge is 2.26. The number of sulfonamides is 1. The summed E-state index contributed by atoms with van der Waals surface area (Å²) >= 11 is 6.15. The smallest absolute Gasteiger partial charge is 0.348 e. The zero-order valence-corrected chi connectivity index (χ0v) is 15.8. The molecule has 3 N–H and O–H groups in total. The average Bonchev–Trinajstić information content (AvgIpc) is 2.96. The van der Waals surface area contributed by atoms with Crippen LogP contribution in [0.5, 0.6) is 11.5 Å². The van der Waals surface area contributed by atoms with Gasteiger partial charge in [-0.05, 0) is 18.2 Å². The third-order valence-electron chi connectivity index (χ3n) is 3.84. The third-order valence-corrected chi connectivity index (χ3v) is 6.01. The van der Waals surface area contributed by atoms with Crippen LogP contribution in [0.4, 0.5) is 0 Å². The first-order chi connectivity index (χ1) is 12.6. The highest BCUT2D eigenvalue weighted by Crippen LogP contribution is 2.37. The lowest BCUT2D eigenvalue weighted by atomic mass is 10.1. The molecule has 0 saturated heterocycles. The van der Waals surface area contributed by atoms with E-state index in [2.05, 4.69) is 10.2 Å². The van der Waals surface area contributed by atoms with Crippen molar-refractivity contribution in [1.29, 1.82) is 0 Å². The van der Waals surface area contributed by atoms with Gasteiger partial charge in [0.1, 0.15) is 16.4 Å². The van der Waals surface area contributed by atoms with Crippen LogP contribution in [0.1, 0.15) is 0 Å². The lowest BCUT2D eigenvalue weighted by Crippen LogP contribution is -2.22. The Morgan fingerprint density at radius 1 is 1.15 bits per heavy atom. The van der Waals surface area contributed by atoms with Crippen molar-refractivity contribution in [2.24, 2.45) is 0 Å². The van der Waals surface area contributed by atoms with Gasteiger partial charge in [0.15, 0.2) is 5.82 Å². The first-order valence-corrected chi connectivity index (χ1v) is 9.37. The number of benzene rings is 2. The average molecular weight is 411 g/mol. The first kappa shape index (κ1) is 19.0. The second-order valence-electron chi connectivity index (χ2n) is 5.76. The minimum Gasteiger partial charge on any atom is -0.507 e. The van der Waals surface area contributed by atoms with Crippen LogP contribution in [-0.4, -0.2) is 51.8 Å². The molecule has 3 rings (SSSR count). The van der Waals surface area contributed by atoms with Crippen LogP contribution >= 0.6 is 11.6 Å². The number of nitrogens with zero attached hydrogens (tertiary/aromatic N) is 3. The Labute approximate surface area is 159 Å².